The molecule has 2 rings (SSSR count). The Kier molecular flexibility index (Phi) is 4.04. The Balaban J connectivity index is 2.39. The molecule has 0 radical (unpaired) electrons. The van der Waals surface area contributed by atoms with E-state index in [9.17, 15) is 22.0 Å². The van der Waals surface area contributed by atoms with Crippen molar-refractivity contribution >= 4 is 21.4 Å². The van der Waals surface area contributed by atoms with Crippen molar-refractivity contribution in [1.82, 2.24) is 0 Å². The summed E-state index contributed by atoms with van der Waals surface area (Å²) in [5, 5.41) is 2.28. The minimum absolute atomic E-state index is 0.00802. The third kappa shape index (κ3) is 3.43. The fraction of sp³-hybridized carbons (Fsp3) is 0.0714. The minimum Gasteiger partial charge on any atom is -0.321 e. The topological polar surface area (TPSA) is 63.2 Å². The second-order valence-electron chi connectivity index (χ2n) is 4.35. The van der Waals surface area contributed by atoms with Crippen LogP contribution in [0, 0.1) is 11.6 Å². The second-order valence-corrected chi connectivity index (χ2v) is 6.33. The van der Waals surface area contributed by atoms with E-state index in [0.717, 1.165) is 24.5 Å². The molecular formula is C14H11F2NO3S. The van der Waals surface area contributed by atoms with Crippen molar-refractivity contribution in [3.05, 3.63) is 59.7 Å². The van der Waals surface area contributed by atoms with Crippen LogP contribution in [0.5, 0.6) is 0 Å². The lowest BCUT2D eigenvalue weighted by atomic mass is 10.2. The first-order valence-corrected chi connectivity index (χ1v) is 7.73. The summed E-state index contributed by atoms with van der Waals surface area (Å²) in [6.45, 7) is 0. The van der Waals surface area contributed by atoms with E-state index in [2.05, 4.69) is 5.32 Å². The number of para-hydroxylation sites is 1. The quantitative estimate of drug-likeness (QED) is 0.948. The smallest absolute Gasteiger partial charge is 0.258 e. The Hall–Kier alpha value is -2.28. The van der Waals surface area contributed by atoms with E-state index < -0.39 is 32.9 Å². The van der Waals surface area contributed by atoms with Crippen LogP contribution in [0.25, 0.3) is 0 Å². The number of benzene rings is 2. The van der Waals surface area contributed by atoms with Crippen LogP contribution in [0.3, 0.4) is 0 Å². The molecule has 2 aromatic carbocycles. The van der Waals surface area contributed by atoms with E-state index in [0.29, 0.717) is 0 Å². The zero-order valence-electron chi connectivity index (χ0n) is 10.9. The van der Waals surface area contributed by atoms with Crippen LogP contribution >= 0.6 is 0 Å². The van der Waals surface area contributed by atoms with Gasteiger partial charge in [-0.2, -0.15) is 0 Å². The number of nitrogens with one attached hydrogen (secondary N) is 1. The van der Waals surface area contributed by atoms with Crippen molar-refractivity contribution in [2.24, 2.45) is 0 Å². The molecule has 110 valence electrons. The van der Waals surface area contributed by atoms with Crippen molar-refractivity contribution in [1.29, 1.82) is 0 Å². The van der Waals surface area contributed by atoms with Gasteiger partial charge in [-0.25, -0.2) is 17.2 Å². The average Bonchev–Trinajstić information content (AvgIpc) is 2.41. The monoisotopic (exact) mass is 311 g/mol. The average molecular weight is 311 g/mol. The summed E-state index contributed by atoms with van der Waals surface area (Å²) >= 11 is 0. The van der Waals surface area contributed by atoms with Gasteiger partial charge in [0.2, 0.25) is 0 Å². The molecule has 4 nitrogen and oxygen atoms in total. The molecule has 1 N–H and O–H groups in total. The van der Waals surface area contributed by atoms with Gasteiger partial charge in [0.1, 0.15) is 11.6 Å². The van der Waals surface area contributed by atoms with Gasteiger partial charge in [0.15, 0.2) is 9.84 Å². The van der Waals surface area contributed by atoms with E-state index in [-0.39, 0.29) is 10.6 Å². The number of carbonyl (C=O) groups is 1. The summed E-state index contributed by atoms with van der Waals surface area (Å²) in [5.74, 6) is -2.59. The third-order valence-corrected chi connectivity index (χ3v) is 3.86. The van der Waals surface area contributed by atoms with Gasteiger partial charge in [-0.3, -0.25) is 4.79 Å². The predicted octanol–water partition coefficient (Wildman–Crippen LogP) is 2.62. The largest absolute Gasteiger partial charge is 0.321 e. The fourth-order valence-electron chi connectivity index (χ4n) is 1.75. The molecule has 21 heavy (non-hydrogen) atoms. The van der Waals surface area contributed by atoms with Crippen LogP contribution in [0.15, 0.2) is 47.4 Å². The molecule has 0 bridgehead atoms. The number of sulfone groups is 1. The molecule has 0 fully saturated rings. The van der Waals surface area contributed by atoms with Gasteiger partial charge in [-0.05, 0) is 30.3 Å². The third-order valence-electron chi connectivity index (χ3n) is 2.71. The predicted molar refractivity (Wildman–Crippen MR) is 73.9 cm³/mol. The number of hydrogen-bond donors (Lipinski definition) is 1. The van der Waals surface area contributed by atoms with Gasteiger partial charge in [-0.15, -0.1) is 0 Å². The Morgan fingerprint density at radius 2 is 1.76 bits per heavy atom. The van der Waals surface area contributed by atoms with Gasteiger partial charge >= 0.3 is 0 Å². The highest BCUT2D eigenvalue weighted by molar-refractivity contribution is 7.90. The Bertz CT molecular complexity index is 804. The standard InChI is InChI=1S/C14H11F2NO3S/c1-21(19,20)13-5-3-2-4-12(13)17-14(18)10-8-9(15)6-7-11(10)16/h2-8H,1H3,(H,17,18). The van der Waals surface area contributed by atoms with Crippen LogP contribution in [0.2, 0.25) is 0 Å². The zero-order chi connectivity index (χ0) is 15.6. The summed E-state index contributed by atoms with van der Waals surface area (Å²) in [5.41, 5.74) is -0.494. The highest BCUT2D eigenvalue weighted by Gasteiger charge is 2.17. The van der Waals surface area contributed by atoms with Crippen LogP contribution in [-0.2, 0) is 9.84 Å². The summed E-state index contributed by atoms with van der Waals surface area (Å²) in [6, 6.07) is 8.15. The van der Waals surface area contributed by atoms with Gasteiger partial charge in [-0.1, -0.05) is 12.1 Å². The lowest BCUT2D eigenvalue weighted by Gasteiger charge is -2.10. The summed E-state index contributed by atoms with van der Waals surface area (Å²) in [7, 11) is -3.56. The Morgan fingerprint density at radius 3 is 2.43 bits per heavy atom. The zero-order valence-corrected chi connectivity index (χ0v) is 11.7. The molecule has 0 unspecified atom stereocenters. The van der Waals surface area contributed by atoms with Crippen LogP contribution in [-0.4, -0.2) is 20.6 Å². The maximum atomic E-state index is 13.5. The summed E-state index contributed by atoms with van der Waals surface area (Å²) in [6.07, 6.45) is 0.987. The van der Waals surface area contributed by atoms with Gasteiger partial charge in [0.05, 0.1) is 16.1 Å². The second kappa shape index (κ2) is 5.61. The normalized spacial score (nSPS) is 11.2. The molecule has 0 aliphatic heterocycles. The van der Waals surface area contributed by atoms with Gasteiger partial charge in [0, 0.05) is 6.26 Å². The highest BCUT2D eigenvalue weighted by atomic mass is 32.2. The molecule has 0 aliphatic rings. The van der Waals surface area contributed by atoms with Crippen molar-refractivity contribution in [3.8, 4) is 0 Å². The van der Waals surface area contributed by atoms with Crippen molar-refractivity contribution in [3.63, 3.8) is 0 Å². The number of rotatable bonds is 3. The van der Waals surface area contributed by atoms with E-state index in [4.69, 9.17) is 0 Å². The summed E-state index contributed by atoms with van der Waals surface area (Å²) < 4.78 is 49.8. The first-order valence-electron chi connectivity index (χ1n) is 5.84. The minimum atomic E-state index is -3.56. The lowest BCUT2D eigenvalue weighted by Crippen LogP contribution is -2.16. The van der Waals surface area contributed by atoms with Crippen molar-refractivity contribution in [2.45, 2.75) is 4.90 Å². The van der Waals surface area contributed by atoms with Gasteiger partial charge in [0.25, 0.3) is 5.91 Å². The van der Waals surface area contributed by atoms with Crippen molar-refractivity contribution in [2.75, 3.05) is 11.6 Å². The molecule has 0 spiro atoms. The lowest BCUT2D eigenvalue weighted by molar-refractivity contribution is 0.102. The molecule has 0 atom stereocenters. The number of anilines is 1. The summed E-state index contributed by atoms with van der Waals surface area (Å²) in [4.78, 5) is 11.9. The van der Waals surface area contributed by atoms with Crippen LogP contribution < -0.4 is 5.32 Å². The molecule has 0 aromatic heterocycles. The highest BCUT2D eigenvalue weighted by Crippen LogP contribution is 2.22. The number of amides is 1. The SMILES string of the molecule is CS(=O)(=O)c1ccccc1NC(=O)c1cc(F)ccc1F. The molecule has 0 saturated heterocycles. The van der Waals surface area contributed by atoms with Crippen LogP contribution in [0.1, 0.15) is 10.4 Å². The molecule has 2 aromatic rings. The first-order chi connectivity index (χ1) is 9.79. The molecule has 0 heterocycles. The molecule has 7 heteroatoms. The maximum absolute atomic E-state index is 13.5. The Labute approximate surface area is 120 Å². The molecular weight excluding hydrogens is 300 g/mol. The van der Waals surface area contributed by atoms with E-state index in [1.807, 2.05) is 0 Å². The van der Waals surface area contributed by atoms with Crippen molar-refractivity contribution < 1.29 is 22.0 Å². The van der Waals surface area contributed by atoms with Gasteiger partial charge < -0.3 is 5.32 Å². The van der Waals surface area contributed by atoms with E-state index >= 15 is 0 Å². The number of halogens is 2. The number of hydrogen-bond acceptors (Lipinski definition) is 3. The fourth-order valence-corrected chi connectivity index (χ4v) is 2.60. The van der Waals surface area contributed by atoms with E-state index in [1.165, 1.54) is 24.3 Å². The molecule has 0 aliphatic carbocycles. The van der Waals surface area contributed by atoms with E-state index in [1.54, 1.807) is 0 Å². The Morgan fingerprint density at radius 1 is 1.10 bits per heavy atom. The van der Waals surface area contributed by atoms with Crippen LogP contribution in [0.4, 0.5) is 14.5 Å². The maximum Gasteiger partial charge on any atom is 0.258 e. The first kappa shape index (κ1) is 15.1. The molecule has 0 saturated carbocycles. The molecule has 1 amide bonds. The number of carbonyl (C=O) groups excluding carboxylic acids is 1.